The van der Waals surface area contributed by atoms with Gasteiger partial charge in [0, 0.05) is 13.0 Å². The molecule has 108 valence electrons. The van der Waals surface area contributed by atoms with Gasteiger partial charge in [-0.15, -0.1) is 0 Å². The van der Waals surface area contributed by atoms with Gasteiger partial charge in [-0.25, -0.2) is 8.78 Å². The molecule has 0 saturated carbocycles. The van der Waals surface area contributed by atoms with Crippen molar-refractivity contribution in [2.45, 2.75) is 45.6 Å². The fraction of sp³-hybridized carbons (Fsp3) is 0.600. The molecule has 0 amide bonds. The van der Waals surface area contributed by atoms with Crippen LogP contribution in [0.3, 0.4) is 0 Å². The number of aryl methyl sites for hydroxylation is 2. The maximum Gasteiger partial charge on any atom is 0.261 e. The first kappa shape index (κ1) is 16.1. The molecule has 0 saturated heterocycles. The average molecular weight is 272 g/mol. The Bertz CT molecular complexity index is 380. The highest BCUT2D eigenvalue weighted by atomic mass is 19.3. The Hall–Kier alpha value is -1.00. The van der Waals surface area contributed by atoms with E-state index in [1.807, 2.05) is 18.2 Å². The highest BCUT2D eigenvalue weighted by Gasteiger charge is 2.10. The first-order valence-corrected chi connectivity index (χ1v) is 6.74. The third-order valence-corrected chi connectivity index (χ3v) is 3.16. The fourth-order valence-corrected chi connectivity index (χ4v) is 2.06. The van der Waals surface area contributed by atoms with Gasteiger partial charge < -0.3 is 9.84 Å². The van der Waals surface area contributed by atoms with Crippen LogP contribution in [0.15, 0.2) is 18.2 Å². The standard InChI is InChI=1S/C15H22F2O2/c1-3-11-5-6-13(9-12(11)4-2)14(18)7-8-19-10-15(16)17/h5-6,9,14-15,18H,3-4,7-8,10H2,1-2H3. The van der Waals surface area contributed by atoms with E-state index in [2.05, 4.69) is 13.8 Å². The van der Waals surface area contributed by atoms with Gasteiger partial charge in [0.15, 0.2) is 0 Å². The molecule has 1 unspecified atom stereocenters. The summed E-state index contributed by atoms with van der Waals surface area (Å²) in [6.07, 6.45) is -0.883. The van der Waals surface area contributed by atoms with Crippen molar-refractivity contribution in [1.29, 1.82) is 0 Å². The van der Waals surface area contributed by atoms with E-state index in [9.17, 15) is 13.9 Å². The zero-order valence-corrected chi connectivity index (χ0v) is 11.5. The minimum atomic E-state index is -2.45. The van der Waals surface area contributed by atoms with Gasteiger partial charge in [0.25, 0.3) is 6.43 Å². The van der Waals surface area contributed by atoms with Gasteiger partial charge >= 0.3 is 0 Å². The lowest BCUT2D eigenvalue weighted by atomic mass is 9.97. The molecule has 0 aliphatic heterocycles. The summed E-state index contributed by atoms with van der Waals surface area (Å²) in [6.45, 7) is 3.75. The van der Waals surface area contributed by atoms with Gasteiger partial charge in [0.1, 0.15) is 6.61 Å². The van der Waals surface area contributed by atoms with Crippen LogP contribution < -0.4 is 0 Å². The van der Waals surface area contributed by atoms with Crippen LogP contribution in [0.25, 0.3) is 0 Å². The molecule has 0 radical (unpaired) electrons. The summed E-state index contributed by atoms with van der Waals surface area (Å²) in [5, 5.41) is 10.0. The summed E-state index contributed by atoms with van der Waals surface area (Å²) in [5.41, 5.74) is 3.34. The maximum absolute atomic E-state index is 11.9. The van der Waals surface area contributed by atoms with Gasteiger partial charge in [-0.3, -0.25) is 0 Å². The zero-order valence-electron chi connectivity index (χ0n) is 11.5. The third kappa shape index (κ3) is 5.25. The Balaban J connectivity index is 2.54. The predicted molar refractivity (Wildman–Crippen MR) is 71.6 cm³/mol. The third-order valence-electron chi connectivity index (χ3n) is 3.16. The summed E-state index contributed by atoms with van der Waals surface area (Å²) >= 11 is 0. The van der Waals surface area contributed by atoms with Crippen molar-refractivity contribution in [2.24, 2.45) is 0 Å². The van der Waals surface area contributed by atoms with Crippen LogP contribution in [0.4, 0.5) is 8.78 Å². The van der Waals surface area contributed by atoms with Gasteiger partial charge in [-0.2, -0.15) is 0 Å². The number of hydrogen-bond donors (Lipinski definition) is 1. The maximum atomic E-state index is 11.9. The topological polar surface area (TPSA) is 29.5 Å². The number of aliphatic hydroxyl groups is 1. The van der Waals surface area contributed by atoms with Crippen LogP contribution in [-0.4, -0.2) is 24.7 Å². The number of ether oxygens (including phenoxy) is 1. The van der Waals surface area contributed by atoms with Crippen molar-refractivity contribution >= 4 is 0 Å². The second-order valence-corrected chi connectivity index (χ2v) is 4.51. The number of hydrogen-bond acceptors (Lipinski definition) is 2. The van der Waals surface area contributed by atoms with Crippen molar-refractivity contribution in [3.05, 3.63) is 34.9 Å². The Labute approximate surface area is 113 Å². The average Bonchev–Trinajstić information content (AvgIpc) is 2.42. The lowest BCUT2D eigenvalue weighted by Gasteiger charge is -2.14. The smallest absolute Gasteiger partial charge is 0.261 e. The molecule has 0 aliphatic carbocycles. The molecule has 0 heterocycles. The molecule has 1 aromatic carbocycles. The van der Waals surface area contributed by atoms with E-state index in [-0.39, 0.29) is 6.61 Å². The molecule has 0 fully saturated rings. The van der Waals surface area contributed by atoms with Crippen molar-refractivity contribution in [1.82, 2.24) is 0 Å². The minimum Gasteiger partial charge on any atom is -0.388 e. The second kappa shape index (κ2) is 8.23. The van der Waals surface area contributed by atoms with E-state index in [0.717, 1.165) is 18.4 Å². The molecule has 19 heavy (non-hydrogen) atoms. The Morgan fingerprint density at radius 3 is 2.42 bits per heavy atom. The second-order valence-electron chi connectivity index (χ2n) is 4.51. The molecular weight excluding hydrogens is 250 g/mol. The van der Waals surface area contributed by atoms with Gasteiger partial charge in [-0.05, 0) is 29.5 Å². The van der Waals surface area contributed by atoms with E-state index >= 15 is 0 Å². The van der Waals surface area contributed by atoms with E-state index < -0.39 is 19.1 Å². The van der Waals surface area contributed by atoms with Crippen LogP contribution in [0.2, 0.25) is 0 Å². The molecule has 1 atom stereocenters. The van der Waals surface area contributed by atoms with Crippen molar-refractivity contribution < 1.29 is 18.6 Å². The van der Waals surface area contributed by atoms with Crippen LogP contribution in [-0.2, 0) is 17.6 Å². The van der Waals surface area contributed by atoms with Crippen LogP contribution in [0.1, 0.15) is 43.1 Å². The van der Waals surface area contributed by atoms with Crippen LogP contribution >= 0.6 is 0 Å². The Morgan fingerprint density at radius 2 is 1.84 bits per heavy atom. The summed E-state index contributed by atoms with van der Waals surface area (Å²) in [5.74, 6) is 0. The molecule has 0 bridgehead atoms. The summed E-state index contributed by atoms with van der Waals surface area (Å²) in [4.78, 5) is 0. The normalized spacial score (nSPS) is 12.9. The number of alkyl halides is 2. The number of benzene rings is 1. The first-order chi connectivity index (χ1) is 9.08. The quantitative estimate of drug-likeness (QED) is 0.734. The number of rotatable bonds is 8. The van der Waals surface area contributed by atoms with Crippen LogP contribution in [0.5, 0.6) is 0 Å². The Kier molecular flexibility index (Phi) is 6.95. The first-order valence-electron chi connectivity index (χ1n) is 6.74. The van der Waals surface area contributed by atoms with Gasteiger partial charge in [0.2, 0.25) is 0 Å². The molecule has 1 N–H and O–H groups in total. The fourth-order valence-electron chi connectivity index (χ4n) is 2.06. The molecular formula is C15H22F2O2. The molecule has 0 spiro atoms. The molecule has 4 heteroatoms. The molecule has 1 aromatic rings. The predicted octanol–water partition coefficient (Wildman–Crippen LogP) is 3.52. The molecule has 1 rings (SSSR count). The van der Waals surface area contributed by atoms with Crippen molar-refractivity contribution in [3.63, 3.8) is 0 Å². The zero-order chi connectivity index (χ0) is 14.3. The molecule has 0 aliphatic rings. The monoisotopic (exact) mass is 272 g/mol. The summed E-state index contributed by atoms with van der Waals surface area (Å²) < 4.78 is 28.5. The molecule has 2 nitrogen and oxygen atoms in total. The SMILES string of the molecule is CCc1ccc(C(O)CCOCC(F)F)cc1CC. The highest BCUT2D eigenvalue weighted by Crippen LogP contribution is 2.21. The van der Waals surface area contributed by atoms with Gasteiger partial charge in [-0.1, -0.05) is 32.0 Å². The Morgan fingerprint density at radius 1 is 1.16 bits per heavy atom. The van der Waals surface area contributed by atoms with E-state index in [1.165, 1.54) is 11.1 Å². The lowest BCUT2D eigenvalue weighted by Crippen LogP contribution is -2.09. The van der Waals surface area contributed by atoms with E-state index in [0.29, 0.717) is 6.42 Å². The van der Waals surface area contributed by atoms with Crippen molar-refractivity contribution in [2.75, 3.05) is 13.2 Å². The molecule has 0 aromatic heterocycles. The van der Waals surface area contributed by atoms with E-state index in [1.54, 1.807) is 0 Å². The van der Waals surface area contributed by atoms with Gasteiger partial charge in [0.05, 0.1) is 6.10 Å². The van der Waals surface area contributed by atoms with Crippen LogP contribution in [0, 0.1) is 0 Å². The lowest BCUT2D eigenvalue weighted by molar-refractivity contribution is 0.00481. The largest absolute Gasteiger partial charge is 0.388 e. The highest BCUT2D eigenvalue weighted by molar-refractivity contribution is 5.33. The summed E-state index contributed by atoms with van der Waals surface area (Å²) in [6, 6.07) is 5.92. The number of aliphatic hydroxyl groups excluding tert-OH is 1. The minimum absolute atomic E-state index is 0.141. The van der Waals surface area contributed by atoms with E-state index in [4.69, 9.17) is 4.74 Å². The van der Waals surface area contributed by atoms with Crippen molar-refractivity contribution in [3.8, 4) is 0 Å². The number of halogens is 2. The summed E-state index contributed by atoms with van der Waals surface area (Å²) in [7, 11) is 0.